The Balaban J connectivity index is 1.42. The van der Waals surface area contributed by atoms with Crippen molar-refractivity contribution in [3.63, 3.8) is 0 Å². The molecule has 4 saturated carbocycles. The summed E-state index contributed by atoms with van der Waals surface area (Å²) in [6.07, 6.45) is 8.96. The molecule has 7 atom stereocenters. The van der Waals surface area contributed by atoms with Gasteiger partial charge in [-0.3, -0.25) is 0 Å². The molecular weight excluding hydrogens is 306 g/mol. The fourth-order valence-electron chi connectivity index (χ4n) is 6.93. The van der Waals surface area contributed by atoms with Gasteiger partial charge in [-0.25, -0.2) is 8.78 Å². The molecule has 0 radical (unpaired) electrons. The van der Waals surface area contributed by atoms with Gasteiger partial charge in [-0.15, -0.1) is 0 Å². The Labute approximate surface area is 145 Å². The molecule has 6 unspecified atom stereocenters. The van der Waals surface area contributed by atoms with Gasteiger partial charge in [-0.05, 0) is 86.4 Å². The molecule has 4 aliphatic carbocycles. The molecule has 0 N–H and O–H groups in total. The Hall–Kier alpha value is -0.180. The summed E-state index contributed by atoms with van der Waals surface area (Å²) in [6.45, 7) is 5.34. The molecular formula is C21H34F2O. The maximum Gasteiger partial charge on any atom is 0.248 e. The van der Waals surface area contributed by atoms with Crippen LogP contribution in [0.25, 0.3) is 0 Å². The Morgan fingerprint density at radius 3 is 2.25 bits per heavy atom. The number of alkyl halides is 2. The van der Waals surface area contributed by atoms with Gasteiger partial charge in [0.2, 0.25) is 5.92 Å². The molecule has 1 nitrogen and oxygen atoms in total. The zero-order valence-electron chi connectivity index (χ0n) is 15.4. The molecule has 0 aliphatic heterocycles. The van der Waals surface area contributed by atoms with E-state index in [9.17, 15) is 8.78 Å². The van der Waals surface area contributed by atoms with E-state index in [1.54, 1.807) is 0 Å². The Morgan fingerprint density at radius 1 is 0.833 bits per heavy atom. The van der Waals surface area contributed by atoms with Crippen molar-refractivity contribution in [2.75, 3.05) is 6.61 Å². The summed E-state index contributed by atoms with van der Waals surface area (Å²) in [7, 11) is 0. The van der Waals surface area contributed by atoms with Gasteiger partial charge in [-0.1, -0.05) is 13.8 Å². The van der Waals surface area contributed by atoms with Crippen LogP contribution >= 0.6 is 0 Å². The number of ether oxygens (including phenoxy) is 1. The lowest BCUT2D eigenvalue weighted by molar-refractivity contribution is -0.116. The zero-order chi connectivity index (χ0) is 16.9. The third kappa shape index (κ3) is 3.15. The first-order valence-corrected chi connectivity index (χ1v) is 10.4. The minimum absolute atomic E-state index is 0.144. The normalized spacial score (nSPS) is 47.1. The predicted octanol–water partition coefficient (Wildman–Crippen LogP) is 5.93. The first-order valence-electron chi connectivity index (χ1n) is 10.4. The Bertz CT molecular complexity index is 449. The maximum atomic E-state index is 13.8. The van der Waals surface area contributed by atoms with Gasteiger partial charge in [-0.2, -0.15) is 0 Å². The van der Waals surface area contributed by atoms with Gasteiger partial charge >= 0.3 is 0 Å². The van der Waals surface area contributed by atoms with Crippen LogP contribution in [0, 0.1) is 41.4 Å². The van der Waals surface area contributed by atoms with Crippen LogP contribution in [-0.2, 0) is 4.74 Å². The average molecular weight is 340 g/mol. The lowest BCUT2D eigenvalue weighted by atomic mass is 9.53. The summed E-state index contributed by atoms with van der Waals surface area (Å²) in [5.41, 5.74) is 0. The molecule has 0 aromatic carbocycles. The molecule has 0 spiro atoms. The number of hydrogen-bond acceptors (Lipinski definition) is 1. The quantitative estimate of drug-likeness (QED) is 0.619. The smallest absolute Gasteiger partial charge is 0.248 e. The van der Waals surface area contributed by atoms with Crippen LogP contribution in [0.15, 0.2) is 0 Å². The van der Waals surface area contributed by atoms with Crippen LogP contribution in [0.1, 0.15) is 71.6 Å². The number of fused-ring (bicyclic) bond motifs is 5. The molecule has 0 amide bonds. The highest BCUT2D eigenvalue weighted by molar-refractivity contribution is 5.02. The molecule has 4 aliphatic rings. The minimum Gasteiger partial charge on any atom is -0.378 e. The summed E-state index contributed by atoms with van der Waals surface area (Å²) in [4.78, 5) is 0. The SMILES string of the molecule is CC(C)COC1CC[C@@H]2C1CCC1C3CCC(F)(F)CC3CCC12. The van der Waals surface area contributed by atoms with Crippen LogP contribution in [0.3, 0.4) is 0 Å². The summed E-state index contributed by atoms with van der Waals surface area (Å²) in [6, 6.07) is 0. The van der Waals surface area contributed by atoms with E-state index in [1.807, 2.05) is 0 Å². The van der Waals surface area contributed by atoms with Gasteiger partial charge in [0.15, 0.2) is 0 Å². The van der Waals surface area contributed by atoms with Crippen molar-refractivity contribution in [2.24, 2.45) is 41.4 Å². The third-order valence-electron chi connectivity index (χ3n) is 7.82. The summed E-state index contributed by atoms with van der Waals surface area (Å²) in [5.74, 6) is 2.26. The summed E-state index contributed by atoms with van der Waals surface area (Å²) >= 11 is 0. The van der Waals surface area contributed by atoms with Crippen LogP contribution in [0.5, 0.6) is 0 Å². The molecule has 0 saturated heterocycles. The standard InChI is InChI=1S/C21H34F2O/c1-13(2)12-24-20-8-7-18-17-4-3-14-11-21(22,23)10-9-15(14)16(17)5-6-19(18)20/h13-20H,3-12H2,1-2H3/t14?,15?,16?,17?,18-,19?,20?/m0/s1. The largest absolute Gasteiger partial charge is 0.378 e. The molecule has 24 heavy (non-hydrogen) atoms. The summed E-state index contributed by atoms with van der Waals surface area (Å²) in [5, 5.41) is 0. The van der Waals surface area contributed by atoms with Gasteiger partial charge in [0.25, 0.3) is 0 Å². The Morgan fingerprint density at radius 2 is 1.46 bits per heavy atom. The average Bonchev–Trinajstić information content (AvgIpc) is 2.94. The molecule has 3 heteroatoms. The number of hydrogen-bond donors (Lipinski definition) is 0. The number of rotatable bonds is 3. The second-order valence-corrected chi connectivity index (χ2v) is 9.68. The van der Waals surface area contributed by atoms with Crippen LogP contribution in [-0.4, -0.2) is 18.6 Å². The lowest BCUT2D eigenvalue weighted by Crippen LogP contribution is -2.47. The second kappa shape index (κ2) is 6.52. The maximum absolute atomic E-state index is 13.8. The molecule has 4 fully saturated rings. The van der Waals surface area contributed by atoms with Crippen LogP contribution in [0.4, 0.5) is 8.78 Å². The van der Waals surface area contributed by atoms with Crippen molar-refractivity contribution in [3.05, 3.63) is 0 Å². The monoisotopic (exact) mass is 340 g/mol. The van der Waals surface area contributed by atoms with E-state index < -0.39 is 5.92 Å². The third-order valence-corrected chi connectivity index (χ3v) is 7.82. The lowest BCUT2D eigenvalue weighted by Gasteiger charge is -2.53. The van der Waals surface area contributed by atoms with E-state index in [-0.39, 0.29) is 12.8 Å². The number of halogens is 2. The highest BCUT2D eigenvalue weighted by Gasteiger charge is 2.54. The topological polar surface area (TPSA) is 9.23 Å². The van der Waals surface area contributed by atoms with E-state index >= 15 is 0 Å². The molecule has 0 bridgehead atoms. The molecule has 0 aromatic heterocycles. The minimum atomic E-state index is -2.38. The molecule has 4 rings (SSSR count). The first kappa shape index (κ1) is 17.2. The van der Waals surface area contributed by atoms with E-state index in [1.165, 1.54) is 32.1 Å². The van der Waals surface area contributed by atoms with E-state index in [4.69, 9.17) is 4.74 Å². The van der Waals surface area contributed by atoms with Crippen molar-refractivity contribution < 1.29 is 13.5 Å². The van der Waals surface area contributed by atoms with Crippen molar-refractivity contribution in [1.29, 1.82) is 0 Å². The van der Waals surface area contributed by atoms with Gasteiger partial charge in [0.05, 0.1) is 6.10 Å². The van der Waals surface area contributed by atoms with E-state index in [2.05, 4.69) is 13.8 Å². The van der Waals surface area contributed by atoms with Crippen molar-refractivity contribution in [1.82, 2.24) is 0 Å². The van der Waals surface area contributed by atoms with Gasteiger partial charge in [0.1, 0.15) is 0 Å². The van der Waals surface area contributed by atoms with Gasteiger partial charge in [0, 0.05) is 19.4 Å². The highest BCUT2D eigenvalue weighted by atomic mass is 19.3. The predicted molar refractivity (Wildman–Crippen MR) is 92.0 cm³/mol. The van der Waals surface area contributed by atoms with Crippen molar-refractivity contribution >= 4 is 0 Å². The second-order valence-electron chi connectivity index (χ2n) is 9.68. The van der Waals surface area contributed by atoms with Crippen molar-refractivity contribution in [2.45, 2.75) is 83.7 Å². The van der Waals surface area contributed by atoms with Crippen LogP contribution in [0.2, 0.25) is 0 Å². The summed E-state index contributed by atoms with van der Waals surface area (Å²) < 4.78 is 33.8. The zero-order valence-corrected chi connectivity index (χ0v) is 15.4. The first-order chi connectivity index (χ1) is 11.4. The highest BCUT2D eigenvalue weighted by Crippen LogP contribution is 2.59. The molecule has 0 heterocycles. The van der Waals surface area contributed by atoms with E-state index in [0.717, 1.165) is 43.1 Å². The molecule has 0 aromatic rings. The fraction of sp³-hybridized carbons (Fsp3) is 1.00. The molecule has 138 valence electrons. The van der Waals surface area contributed by atoms with Gasteiger partial charge < -0.3 is 4.74 Å². The Kier molecular flexibility index (Phi) is 4.69. The van der Waals surface area contributed by atoms with E-state index in [0.29, 0.717) is 23.9 Å². The van der Waals surface area contributed by atoms with Crippen LogP contribution < -0.4 is 0 Å². The van der Waals surface area contributed by atoms with Crippen molar-refractivity contribution in [3.8, 4) is 0 Å². The fourth-order valence-corrected chi connectivity index (χ4v) is 6.93.